The largest absolute Gasteiger partial charge is 0.481 e. The average molecular weight is 150 g/mol. The Morgan fingerprint density at radius 2 is 2.33 bits per heavy atom. The van der Waals surface area contributed by atoms with Crippen molar-refractivity contribution < 1.29 is 15.0 Å². The Morgan fingerprint density at radius 3 is 2.67 bits per heavy atom. The first kappa shape index (κ1) is 8.78. The molecule has 0 radical (unpaired) electrons. The molecule has 0 spiro atoms. The Bertz CT molecular complexity index is 94.2. The van der Waals surface area contributed by atoms with E-state index in [1.807, 2.05) is 0 Å². The van der Waals surface area contributed by atoms with Crippen LogP contribution in [0.15, 0.2) is 0 Å². The standard InChI is InChI=1S/C5H10O3S/c1-2-5(8)9-3-4(6)7/h5,8H,2-3H2,1H3,(H,6,7). The molecule has 4 heteroatoms. The van der Waals surface area contributed by atoms with Gasteiger partial charge in [0.2, 0.25) is 0 Å². The number of rotatable bonds is 4. The maximum Gasteiger partial charge on any atom is 0.313 e. The van der Waals surface area contributed by atoms with Gasteiger partial charge in [0.15, 0.2) is 0 Å². The number of aliphatic hydroxyl groups excluding tert-OH is 1. The number of hydrogen-bond donors (Lipinski definition) is 2. The summed E-state index contributed by atoms with van der Waals surface area (Å²) in [7, 11) is 0. The fourth-order valence-corrected chi connectivity index (χ4v) is 0.856. The van der Waals surface area contributed by atoms with E-state index >= 15 is 0 Å². The van der Waals surface area contributed by atoms with Crippen molar-refractivity contribution in [1.29, 1.82) is 0 Å². The van der Waals surface area contributed by atoms with Gasteiger partial charge in [0.05, 0.1) is 11.2 Å². The lowest BCUT2D eigenvalue weighted by molar-refractivity contribution is -0.133. The molecule has 0 aliphatic carbocycles. The first-order valence-corrected chi connectivity index (χ1v) is 3.73. The fourth-order valence-electron chi connectivity index (χ4n) is 0.285. The second-order valence-electron chi connectivity index (χ2n) is 1.57. The Morgan fingerprint density at radius 1 is 1.78 bits per heavy atom. The number of carboxylic acids is 1. The third-order valence-electron chi connectivity index (χ3n) is 0.748. The Hall–Kier alpha value is -0.220. The molecule has 0 amide bonds. The zero-order valence-corrected chi connectivity index (χ0v) is 6.02. The molecule has 9 heavy (non-hydrogen) atoms. The molecule has 0 heterocycles. The Balaban J connectivity index is 3.16. The molecule has 0 saturated heterocycles. The van der Waals surface area contributed by atoms with Crippen molar-refractivity contribution in [2.24, 2.45) is 0 Å². The van der Waals surface area contributed by atoms with Gasteiger partial charge in [-0.05, 0) is 6.42 Å². The Kier molecular flexibility index (Phi) is 4.53. The summed E-state index contributed by atoms with van der Waals surface area (Å²) >= 11 is 1.04. The minimum absolute atomic E-state index is 0.0188. The number of carboxylic acid groups (broad SMARTS) is 1. The van der Waals surface area contributed by atoms with E-state index in [2.05, 4.69) is 0 Å². The third kappa shape index (κ3) is 5.65. The summed E-state index contributed by atoms with van der Waals surface area (Å²) in [5.74, 6) is -0.901. The van der Waals surface area contributed by atoms with Crippen LogP contribution in [0.5, 0.6) is 0 Å². The monoisotopic (exact) mass is 150 g/mol. The Labute approximate surface area is 58.1 Å². The van der Waals surface area contributed by atoms with E-state index in [9.17, 15) is 4.79 Å². The van der Waals surface area contributed by atoms with Crippen LogP contribution < -0.4 is 0 Å². The molecule has 3 nitrogen and oxygen atoms in total. The maximum atomic E-state index is 9.89. The van der Waals surface area contributed by atoms with E-state index in [-0.39, 0.29) is 5.75 Å². The highest BCUT2D eigenvalue weighted by Gasteiger charge is 2.03. The van der Waals surface area contributed by atoms with E-state index in [0.717, 1.165) is 11.8 Å². The number of hydrogen-bond acceptors (Lipinski definition) is 3. The third-order valence-corrected chi connectivity index (χ3v) is 1.88. The second kappa shape index (κ2) is 4.64. The molecule has 0 aliphatic rings. The summed E-state index contributed by atoms with van der Waals surface area (Å²) in [6.07, 6.45) is 0.595. The molecule has 1 unspecified atom stereocenters. The molecule has 0 rings (SSSR count). The lowest BCUT2D eigenvalue weighted by Crippen LogP contribution is -2.05. The first-order valence-electron chi connectivity index (χ1n) is 2.68. The van der Waals surface area contributed by atoms with Crippen molar-refractivity contribution in [3.63, 3.8) is 0 Å². The molecular formula is C5H10O3S. The second-order valence-corrected chi connectivity index (χ2v) is 2.73. The van der Waals surface area contributed by atoms with Crippen molar-refractivity contribution in [3.05, 3.63) is 0 Å². The lowest BCUT2D eigenvalue weighted by atomic mass is 10.5. The van der Waals surface area contributed by atoms with Crippen molar-refractivity contribution >= 4 is 17.7 Å². The first-order chi connectivity index (χ1) is 4.16. The van der Waals surface area contributed by atoms with Gasteiger partial charge in [-0.15, -0.1) is 11.8 Å². The quantitative estimate of drug-likeness (QED) is 0.574. The zero-order chi connectivity index (χ0) is 7.28. The lowest BCUT2D eigenvalue weighted by Gasteiger charge is -2.02. The summed E-state index contributed by atoms with van der Waals surface area (Å²) in [5.41, 5.74) is -0.527. The topological polar surface area (TPSA) is 57.5 Å². The van der Waals surface area contributed by atoms with E-state index < -0.39 is 11.4 Å². The average Bonchev–Trinajstić information content (AvgIpc) is 1.83. The van der Waals surface area contributed by atoms with Crippen molar-refractivity contribution in [2.45, 2.75) is 18.8 Å². The van der Waals surface area contributed by atoms with E-state index in [0.29, 0.717) is 6.42 Å². The number of aliphatic hydroxyl groups is 1. The van der Waals surface area contributed by atoms with Crippen LogP contribution in [0.1, 0.15) is 13.3 Å². The van der Waals surface area contributed by atoms with Gasteiger partial charge in [-0.2, -0.15) is 0 Å². The smallest absolute Gasteiger partial charge is 0.313 e. The molecule has 0 saturated carbocycles. The van der Waals surface area contributed by atoms with E-state index in [1.54, 1.807) is 6.92 Å². The van der Waals surface area contributed by atoms with Crippen molar-refractivity contribution in [1.82, 2.24) is 0 Å². The van der Waals surface area contributed by atoms with Crippen LogP contribution in [-0.4, -0.2) is 27.4 Å². The van der Waals surface area contributed by atoms with Crippen molar-refractivity contribution in [2.75, 3.05) is 5.75 Å². The minimum Gasteiger partial charge on any atom is -0.481 e. The molecule has 2 N–H and O–H groups in total. The molecule has 0 aliphatic heterocycles. The predicted molar refractivity (Wildman–Crippen MR) is 36.4 cm³/mol. The maximum absolute atomic E-state index is 9.89. The highest BCUT2D eigenvalue weighted by Crippen LogP contribution is 2.09. The highest BCUT2D eigenvalue weighted by molar-refractivity contribution is 8.00. The van der Waals surface area contributed by atoms with Gasteiger partial charge in [0, 0.05) is 0 Å². The molecule has 0 bridgehead atoms. The summed E-state index contributed by atoms with van der Waals surface area (Å²) in [6, 6.07) is 0. The molecule has 0 aromatic heterocycles. The summed E-state index contributed by atoms with van der Waals surface area (Å²) < 4.78 is 0. The summed E-state index contributed by atoms with van der Waals surface area (Å²) in [4.78, 5) is 9.89. The van der Waals surface area contributed by atoms with E-state index in [4.69, 9.17) is 10.2 Å². The number of aliphatic carboxylic acids is 1. The van der Waals surface area contributed by atoms with Crippen LogP contribution >= 0.6 is 11.8 Å². The minimum atomic E-state index is -0.882. The van der Waals surface area contributed by atoms with Gasteiger partial charge < -0.3 is 10.2 Å². The molecule has 54 valence electrons. The van der Waals surface area contributed by atoms with E-state index in [1.165, 1.54) is 0 Å². The van der Waals surface area contributed by atoms with Crippen LogP contribution in [0.2, 0.25) is 0 Å². The van der Waals surface area contributed by atoms with Gasteiger partial charge in [-0.1, -0.05) is 6.92 Å². The molecule has 1 atom stereocenters. The number of carbonyl (C=O) groups is 1. The van der Waals surface area contributed by atoms with Gasteiger partial charge in [-0.25, -0.2) is 0 Å². The number of thioether (sulfide) groups is 1. The van der Waals surface area contributed by atoms with Crippen LogP contribution in [0.3, 0.4) is 0 Å². The molecule has 0 aromatic rings. The fraction of sp³-hybridized carbons (Fsp3) is 0.800. The van der Waals surface area contributed by atoms with Crippen LogP contribution in [0, 0.1) is 0 Å². The van der Waals surface area contributed by atoms with Crippen LogP contribution in [0.25, 0.3) is 0 Å². The highest BCUT2D eigenvalue weighted by atomic mass is 32.2. The van der Waals surface area contributed by atoms with Crippen molar-refractivity contribution in [3.8, 4) is 0 Å². The van der Waals surface area contributed by atoms with Crippen LogP contribution in [0.4, 0.5) is 0 Å². The predicted octanol–water partition coefficient (Wildman–Crippen LogP) is 0.533. The van der Waals surface area contributed by atoms with Gasteiger partial charge >= 0.3 is 5.97 Å². The SMILES string of the molecule is CCC(O)SCC(=O)O. The van der Waals surface area contributed by atoms with Gasteiger partial charge in [0.1, 0.15) is 0 Å². The van der Waals surface area contributed by atoms with Gasteiger partial charge in [0.25, 0.3) is 0 Å². The van der Waals surface area contributed by atoms with Gasteiger partial charge in [-0.3, -0.25) is 4.79 Å². The van der Waals surface area contributed by atoms with Crippen LogP contribution in [-0.2, 0) is 4.79 Å². The summed E-state index contributed by atoms with van der Waals surface area (Å²) in [5, 5.41) is 16.9. The summed E-state index contributed by atoms with van der Waals surface area (Å²) in [6.45, 7) is 1.81. The zero-order valence-electron chi connectivity index (χ0n) is 5.20. The molecule has 0 aromatic carbocycles. The normalized spacial score (nSPS) is 13.1. The molecular weight excluding hydrogens is 140 g/mol. The molecule has 0 fully saturated rings.